The standard InChI is InChI=1S/C12H13Cl2NO3/c1-15(6-5-11(17)18)10(16)7-8-3-2-4-9(13)12(8)14/h2-4H,5-7H2,1H3,(H,17,18). The van der Waals surface area contributed by atoms with Gasteiger partial charge in [-0.05, 0) is 11.6 Å². The van der Waals surface area contributed by atoms with Crippen LogP contribution in [0.15, 0.2) is 18.2 Å². The molecule has 0 aliphatic rings. The van der Waals surface area contributed by atoms with Crippen LogP contribution in [0.1, 0.15) is 12.0 Å². The van der Waals surface area contributed by atoms with Crippen molar-refractivity contribution in [1.29, 1.82) is 0 Å². The molecule has 4 nitrogen and oxygen atoms in total. The molecule has 0 heterocycles. The SMILES string of the molecule is CN(CCC(=O)O)C(=O)Cc1cccc(Cl)c1Cl. The minimum Gasteiger partial charge on any atom is -0.481 e. The van der Waals surface area contributed by atoms with Crippen LogP contribution < -0.4 is 0 Å². The zero-order valence-electron chi connectivity index (χ0n) is 9.82. The van der Waals surface area contributed by atoms with E-state index in [2.05, 4.69) is 0 Å². The second-order valence-electron chi connectivity index (χ2n) is 3.85. The minimum atomic E-state index is -0.935. The van der Waals surface area contributed by atoms with Crippen LogP contribution in [0.3, 0.4) is 0 Å². The first kappa shape index (κ1) is 14.8. The number of carbonyl (C=O) groups is 2. The highest BCUT2D eigenvalue weighted by molar-refractivity contribution is 6.42. The number of carboxylic acid groups (broad SMARTS) is 1. The van der Waals surface area contributed by atoms with E-state index < -0.39 is 5.97 Å². The molecule has 98 valence electrons. The number of halogens is 2. The molecule has 1 aromatic rings. The lowest BCUT2D eigenvalue weighted by molar-refractivity contribution is -0.138. The lowest BCUT2D eigenvalue weighted by Crippen LogP contribution is -2.30. The van der Waals surface area contributed by atoms with Gasteiger partial charge in [-0.1, -0.05) is 35.3 Å². The van der Waals surface area contributed by atoms with Gasteiger partial charge >= 0.3 is 5.97 Å². The number of rotatable bonds is 5. The Balaban J connectivity index is 2.64. The van der Waals surface area contributed by atoms with E-state index in [1.165, 1.54) is 4.90 Å². The Labute approximate surface area is 115 Å². The van der Waals surface area contributed by atoms with Crippen molar-refractivity contribution in [2.45, 2.75) is 12.8 Å². The van der Waals surface area contributed by atoms with E-state index in [0.717, 1.165) is 0 Å². The highest BCUT2D eigenvalue weighted by Gasteiger charge is 2.13. The Morgan fingerprint density at radius 2 is 2.00 bits per heavy atom. The van der Waals surface area contributed by atoms with Gasteiger partial charge in [0.05, 0.1) is 22.9 Å². The molecule has 0 saturated carbocycles. The Hall–Kier alpha value is -1.26. The third kappa shape index (κ3) is 4.20. The normalized spacial score (nSPS) is 10.2. The first-order chi connectivity index (χ1) is 8.41. The van der Waals surface area contributed by atoms with Gasteiger partial charge in [0.15, 0.2) is 0 Å². The van der Waals surface area contributed by atoms with E-state index >= 15 is 0 Å². The Kier molecular flexibility index (Phi) is 5.44. The maximum absolute atomic E-state index is 11.8. The van der Waals surface area contributed by atoms with Crippen molar-refractivity contribution in [2.75, 3.05) is 13.6 Å². The van der Waals surface area contributed by atoms with Crippen LogP contribution in [-0.2, 0) is 16.0 Å². The summed E-state index contributed by atoms with van der Waals surface area (Å²) in [6.07, 6.45) is 0.0288. The van der Waals surface area contributed by atoms with Gasteiger partial charge in [-0.15, -0.1) is 0 Å². The molecule has 1 N–H and O–H groups in total. The molecule has 0 aliphatic carbocycles. The van der Waals surface area contributed by atoms with E-state index in [0.29, 0.717) is 15.6 Å². The number of carboxylic acids is 1. The summed E-state index contributed by atoms with van der Waals surface area (Å²) < 4.78 is 0. The van der Waals surface area contributed by atoms with Crippen molar-refractivity contribution in [3.8, 4) is 0 Å². The minimum absolute atomic E-state index is 0.0779. The van der Waals surface area contributed by atoms with Crippen molar-refractivity contribution < 1.29 is 14.7 Å². The van der Waals surface area contributed by atoms with Gasteiger partial charge < -0.3 is 10.0 Å². The molecule has 0 bridgehead atoms. The number of hydrogen-bond acceptors (Lipinski definition) is 2. The summed E-state index contributed by atoms with van der Waals surface area (Å²) in [7, 11) is 1.56. The topological polar surface area (TPSA) is 57.6 Å². The number of hydrogen-bond donors (Lipinski definition) is 1. The van der Waals surface area contributed by atoms with Gasteiger partial charge in [0.2, 0.25) is 5.91 Å². The predicted molar refractivity (Wildman–Crippen MR) is 70.1 cm³/mol. The first-order valence-corrected chi connectivity index (χ1v) is 6.06. The molecule has 0 saturated heterocycles. The van der Waals surface area contributed by atoms with Gasteiger partial charge in [0, 0.05) is 13.6 Å². The Morgan fingerprint density at radius 3 is 2.61 bits per heavy atom. The predicted octanol–water partition coefficient (Wildman–Crippen LogP) is 2.47. The summed E-state index contributed by atoms with van der Waals surface area (Å²) in [4.78, 5) is 23.6. The van der Waals surface area contributed by atoms with E-state index in [4.69, 9.17) is 28.3 Å². The number of amides is 1. The molecule has 0 atom stereocenters. The number of benzene rings is 1. The Bertz CT molecular complexity index is 463. The summed E-state index contributed by atoms with van der Waals surface area (Å²) in [5.41, 5.74) is 0.636. The molecule has 0 radical (unpaired) electrons. The van der Waals surface area contributed by atoms with Gasteiger partial charge in [0.25, 0.3) is 0 Å². The molecule has 18 heavy (non-hydrogen) atoms. The highest BCUT2D eigenvalue weighted by atomic mass is 35.5. The van der Waals surface area contributed by atoms with Crippen molar-refractivity contribution in [3.05, 3.63) is 33.8 Å². The van der Waals surface area contributed by atoms with E-state index in [1.54, 1.807) is 25.2 Å². The highest BCUT2D eigenvalue weighted by Crippen LogP contribution is 2.26. The van der Waals surface area contributed by atoms with Crippen LogP contribution in [0.4, 0.5) is 0 Å². The molecule has 0 aromatic heterocycles. The largest absolute Gasteiger partial charge is 0.481 e. The molecular formula is C12H13Cl2NO3. The van der Waals surface area contributed by atoms with Gasteiger partial charge in [-0.25, -0.2) is 0 Å². The van der Waals surface area contributed by atoms with Crippen molar-refractivity contribution in [3.63, 3.8) is 0 Å². The second-order valence-corrected chi connectivity index (χ2v) is 4.63. The van der Waals surface area contributed by atoms with E-state index in [1.807, 2.05) is 0 Å². The molecule has 1 rings (SSSR count). The van der Waals surface area contributed by atoms with Gasteiger partial charge in [-0.3, -0.25) is 9.59 Å². The maximum atomic E-state index is 11.8. The second kappa shape index (κ2) is 6.61. The number of likely N-dealkylation sites (N-methyl/N-ethyl adjacent to an activating group) is 1. The lowest BCUT2D eigenvalue weighted by atomic mass is 10.1. The monoisotopic (exact) mass is 289 g/mol. The fourth-order valence-corrected chi connectivity index (χ4v) is 1.76. The molecule has 6 heteroatoms. The fraction of sp³-hybridized carbons (Fsp3) is 0.333. The first-order valence-electron chi connectivity index (χ1n) is 5.30. The van der Waals surface area contributed by atoms with Crippen LogP contribution >= 0.6 is 23.2 Å². The average Bonchev–Trinajstić information content (AvgIpc) is 2.31. The van der Waals surface area contributed by atoms with Crippen molar-refractivity contribution in [2.24, 2.45) is 0 Å². The lowest BCUT2D eigenvalue weighted by Gasteiger charge is -2.16. The molecule has 1 aromatic carbocycles. The average molecular weight is 290 g/mol. The number of nitrogens with zero attached hydrogens (tertiary/aromatic N) is 1. The fourth-order valence-electron chi connectivity index (χ4n) is 1.37. The third-order valence-corrected chi connectivity index (χ3v) is 3.32. The summed E-state index contributed by atoms with van der Waals surface area (Å²) >= 11 is 11.8. The zero-order chi connectivity index (χ0) is 13.7. The van der Waals surface area contributed by atoms with Crippen LogP contribution in [0.25, 0.3) is 0 Å². The number of carbonyl (C=O) groups excluding carboxylic acids is 1. The summed E-state index contributed by atoms with van der Waals surface area (Å²) in [5.74, 6) is -1.13. The quantitative estimate of drug-likeness (QED) is 0.906. The van der Waals surface area contributed by atoms with E-state index in [-0.39, 0.29) is 25.3 Å². The molecule has 0 spiro atoms. The number of aliphatic carboxylic acids is 1. The maximum Gasteiger partial charge on any atom is 0.305 e. The summed E-state index contributed by atoms with van der Waals surface area (Å²) in [6, 6.07) is 5.08. The zero-order valence-corrected chi connectivity index (χ0v) is 11.3. The van der Waals surface area contributed by atoms with Crippen LogP contribution in [0.5, 0.6) is 0 Å². The molecule has 0 aliphatic heterocycles. The molecular weight excluding hydrogens is 277 g/mol. The van der Waals surface area contributed by atoms with Gasteiger partial charge in [-0.2, -0.15) is 0 Å². The molecule has 0 fully saturated rings. The Morgan fingerprint density at radius 1 is 1.33 bits per heavy atom. The summed E-state index contributed by atoms with van der Waals surface area (Å²) in [6.45, 7) is 0.173. The molecule has 0 unspecified atom stereocenters. The van der Waals surface area contributed by atoms with E-state index in [9.17, 15) is 9.59 Å². The smallest absolute Gasteiger partial charge is 0.305 e. The van der Waals surface area contributed by atoms with Gasteiger partial charge in [0.1, 0.15) is 0 Å². The third-order valence-electron chi connectivity index (χ3n) is 2.46. The molecule has 1 amide bonds. The van der Waals surface area contributed by atoms with Crippen molar-refractivity contribution >= 4 is 35.1 Å². The van der Waals surface area contributed by atoms with Crippen molar-refractivity contribution in [1.82, 2.24) is 4.90 Å². The van der Waals surface area contributed by atoms with Crippen LogP contribution in [0.2, 0.25) is 10.0 Å². The summed E-state index contributed by atoms with van der Waals surface area (Å²) in [5, 5.41) is 9.30. The van der Waals surface area contributed by atoms with Crippen LogP contribution in [-0.4, -0.2) is 35.5 Å². The van der Waals surface area contributed by atoms with Crippen LogP contribution in [0, 0.1) is 0 Å².